The minimum atomic E-state index is -0.222. The standard InChI is InChI=1S/C13H15BrN2O2S/c14-10-3-5-11(6-4-10)18-9-12(17)15-13(19)16-7-1-2-8-16/h3-6H,1-2,7-9H2,(H,15,17,19). The van der Waals surface area contributed by atoms with Crippen molar-refractivity contribution >= 4 is 39.2 Å². The fourth-order valence-corrected chi connectivity index (χ4v) is 2.40. The van der Waals surface area contributed by atoms with E-state index in [0.29, 0.717) is 10.9 Å². The number of amides is 1. The summed E-state index contributed by atoms with van der Waals surface area (Å²) in [7, 11) is 0. The number of ether oxygens (including phenoxy) is 1. The van der Waals surface area contributed by atoms with Crippen molar-refractivity contribution in [2.75, 3.05) is 19.7 Å². The third kappa shape index (κ3) is 4.47. The van der Waals surface area contributed by atoms with Crippen LogP contribution in [0.2, 0.25) is 0 Å². The number of halogens is 1. The van der Waals surface area contributed by atoms with Crippen LogP contribution in [0.5, 0.6) is 5.75 Å². The molecule has 1 N–H and O–H groups in total. The molecule has 0 radical (unpaired) electrons. The Labute approximate surface area is 126 Å². The lowest BCUT2D eigenvalue weighted by atomic mass is 10.3. The van der Waals surface area contributed by atoms with Crippen LogP contribution in [0, 0.1) is 0 Å². The van der Waals surface area contributed by atoms with Crippen molar-refractivity contribution in [2.45, 2.75) is 12.8 Å². The summed E-state index contributed by atoms with van der Waals surface area (Å²) in [6.45, 7) is 1.81. The average Bonchev–Trinajstić information content (AvgIpc) is 2.92. The van der Waals surface area contributed by atoms with Gasteiger partial charge in [0.15, 0.2) is 11.7 Å². The summed E-state index contributed by atoms with van der Waals surface area (Å²) in [5.41, 5.74) is 0. The van der Waals surface area contributed by atoms with Crippen LogP contribution < -0.4 is 10.1 Å². The highest BCUT2D eigenvalue weighted by molar-refractivity contribution is 9.10. The molecule has 2 rings (SSSR count). The van der Waals surface area contributed by atoms with Gasteiger partial charge in [0.1, 0.15) is 5.75 Å². The molecule has 0 atom stereocenters. The van der Waals surface area contributed by atoms with Crippen LogP contribution in [0.15, 0.2) is 28.7 Å². The van der Waals surface area contributed by atoms with Gasteiger partial charge in [0.2, 0.25) is 0 Å². The summed E-state index contributed by atoms with van der Waals surface area (Å²) >= 11 is 8.51. The van der Waals surface area contributed by atoms with E-state index in [1.54, 1.807) is 12.1 Å². The Bertz CT molecular complexity index is 458. The molecule has 1 aromatic rings. The first kappa shape index (κ1) is 14.3. The zero-order chi connectivity index (χ0) is 13.7. The Kier molecular flexibility index (Phi) is 5.15. The summed E-state index contributed by atoms with van der Waals surface area (Å²) in [5, 5.41) is 3.19. The van der Waals surface area contributed by atoms with E-state index in [1.165, 1.54) is 0 Å². The summed E-state index contributed by atoms with van der Waals surface area (Å²) in [6.07, 6.45) is 2.26. The van der Waals surface area contributed by atoms with E-state index < -0.39 is 0 Å². The molecule has 0 saturated carbocycles. The zero-order valence-corrected chi connectivity index (χ0v) is 12.8. The number of benzene rings is 1. The minimum Gasteiger partial charge on any atom is -0.484 e. The van der Waals surface area contributed by atoms with Crippen molar-refractivity contribution in [1.29, 1.82) is 0 Å². The lowest BCUT2D eigenvalue weighted by Crippen LogP contribution is -2.42. The molecule has 102 valence electrons. The third-order valence-corrected chi connectivity index (χ3v) is 3.71. The van der Waals surface area contributed by atoms with Gasteiger partial charge in [0.25, 0.3) is 5.91 Å². The van der Waals surface area contributed by atoms with Crippen LogP contribution >= 0.6 is 28.1 Å². The number of carbonyl (C=O) groups is 1. The number of likely N-dealkylation sites (tertiary alicyclic amines) is 1. The van der Waals surface area contributed by atoms with Gasteiger partial charge in [-0.1, -0.05) is 15.9 Å². The molecule has 1 aliphatic rings. The van der Waals surface area contributed by atoms with Crippen molar-refractivity contribution in [3.05, 3.63) is 28.7 Å². The Morgan fingerprint density at radius 3 is 2.58 bits per heavy atom. The highest BCUT2D eigenvalue weighted by Crippen LogP contribution is 2.15. The molecule has 1 heterocycles. The molecular formula is C13H15BrN2O2S. The molecule has 19 heavy (non-hydrogen) atoms. The van der Waals surface area contributed by atoms with Gasteiger partial charge in [-0.05, 0) is 49.3 Å². The van der Waals surface area contributed by atoms with Crippen LogP contribution in [0.1, 0.15) is 12.8 Å². The molecule has 0 aromatic heterocycles. The van der Waals surface area contributed by atoms with Crippen molar-refractivity contribution in [2.24, 2.45) is 0 Å². The van der Waals surface area contributed by atoms with Gasteiger partial charge in [0.05, 0.1) is 0 Å². The molecule has 1 amide bonds. The largest absolute Gasteiger partial charge is 0.484 e. The van der Waals surface area contributed by atoms with E-state index in [9.17, 15) is 4.79 Å². The maximum absolute atomic E-state index is 11.7. The van der Waals surface area contributed by atoms with Crippen LogP contribution in [-0.4, -0.2) is 35.6 Å². The molecular weight excluding hydrogens is 328 g/mol. The van der Waals surface area contributed by atoms with E-state index in [0.717, 1.165) is 30.4 Å². The molecule has 0 bridgehead atoms. The fourth-order valence-electron chi connectivity index (χ4n) is 1.83. The van der Waals surface area contributed by atoms with Gasteiger partial charge >= 0.3 is 0 Å². The SMILES string of the molecule is O=C(COc1ccc(Br)cc1)NC(=S)N1CCCC1. The van der Waals surface area contributed by atoms with Gasteiger partial charge < -0.3 is 15.0 Å². The first-order valence-electron chi connectivity index (χ1n) is 6.12. The summed E-state index contributed by atoms with van der Waals surface area (Å²) in [5.74, 6) is 0.435. The van der Waals surface area contributed by atoms with E-state index in [-0.39, 0.29) is 12.5 Å². The highest BCUT2D eigenvalue weighted by atomic mass is 79.9. The van der Waals surface area contributed by atoms with Gasteiger partial charge in [-0.15, -0.1) is 0 Å². The van der Waals surface area contributed by atoms with Crippen molar-refractivity contribution in [3.8, 4) is 5.75 Å². The van der Waals surface area contributed by atoms with E-state index in [1.807, 2.05) is 17.0 Å². The van der Waals surface area contributed by atoms with E-state index in [2.05, 4.69) is 21.2 Å². The quantitative estimate of drug-likeness (QED) is 0.856. The molecule has 1 aliphatic heterocycles. The Balaban J connectivity index is 1.75. The minimum absolute atomic E-state index is 0.0321. The van der Waals surface area contributed by atoms with Crippen LogP contribution in [-0.2, 0) is 4.79 Å². The molecule has 1 fully saturated rings. The number of carbonyl (C=O) groups excluding carboxylic acids is 1. The second kappa shape index (κ2) is 6.86. The number of thiocarbonyl (C=S) groups is 1. The number of hydrogen-bond acceptors (Lipinski definition) is 3. The number of hydrogen-bond donors (Lipinski definition) is 1. The molecule has 4 nitrogen and oxygen atoms in total. The predicted molar refractivity (Wildman–Crippen MR) is 81.2 cm³/mol. The Morgan fingerprint density at radius 1 is 1.32 bits per heavy atom. The monoisotopic (exact) mass is 342 g/mol. The number of nitrogens with zero attached hydrogens (tertiary/aromatic N) is 1. The first-order chi connectivity index (χ1) is 9.15. The summed E-state index contributed by atoms with van der Waals surface area (Å²) in [4.78, 5) is 13.7. The molecule has 0 spiro atoms. The van der Waals surface area contributed by atoms with E-state index >= 15 is 0 Å². The maximum Gasteiger partial charge on any atom is 0.264 e. The highest BCUT2D eigenvalue weighted by Gasteiger charge is 2.16. The Morgan fingerprint density at radius 2 is 1.95 bits per heavy atom. The van der Waals surface area contributed by atoms with Crippen molar-refractivity contribution in [1.82, 2.24) is 10.2 Å². The van der Waals surface area contributed by atoms with Crippen molar-refractivity contribution < 1.29 is 9.53 Å². The summed E-state index contributed by atoms with van der Waals surface area (Å²) < 4.78 is 6.35. The molecule has 1 saturated heterocycles. The third-order valence-electron chi connectivity index (χ3n) is 2.82. The van der Waals surface area contributed by atoms with Gasteiger partial charge in [-0.2, -0.15) is 0 Å². The zero-order valence-electron chi connectivity index (χ0n) is 10.4. The van der Waals surface area contributed by atoms with Gasteiger partial charge in [0, 0.05) is 17.6 Å². The van der Waals surface area contributed by atoms with Crippen LogP contribution in [0.25, 0.3) is 0 Å². The smallest absolute Gasteiger partial charge is 0.264 e. The second-order valence-electron chi connectivity index (χ2n) is 4.29. The first-order valence-corrected chi connectivity index (χ1v) is 7.32. The van der Waals surface area contributed by atoms with Gasteiger partial charge in [-0.3, -0.25) is 4.79 Å². The number of rotatable bonds is 3. The molecule has 0 unspecified atom stereocenters. The Hall–Kier alpha value is -1.14. The summed E-state index contributed by atoms with van der Waals surface area (Å²) in [6, 6.07) is 7.33. The topological polar surface area (TPSA) is 41.6 Å². The van der Waals surface area contributed by atoms with Crippen LogP contribution in [0.3, 0.4) is 0 Å². The van der Waals surface area contributed by atoms with Crippen molar-refractivity contribution in [3.63, 3.8) is 0 Å². The molecule has 6 heteroatoms. The lowest BCUT2D eigenvalue weighted by molar-refractivity contribution is -0.121. The lowest BCUT2D eigenvalue weighted by Gasteiger charge is -2.18. The van der Waals surface area contributed by atoms with E-state index in [4.69, 9.17) is 17.0 Å². The fraction of sp³-hybridized carbons (Fsp3) is 0.385. The average molecular weight is 343 g/mol. The maximum atomic E-state index is 11.7. The molecule has 1 aromatic carbocycles. The van der Waals surface area contributed by atoms with Crippen LogP contribution in [0.4, 0.5) is 0 Å². The molecule has 0 aliphatic carbocycles. The second-order valence-corrected chi connectivity index (χ2v) is 5.59. The predicted octanol–water partition coefficient (Wildman–Crippen LogP) is 2.32. The normalized spacial score (nSPS) is 14.3. The number of nitrogens with one attached hydrogen (secondary N) is 1. The van der Waals surface area contributed by atoms with Gasteiger partial charge in [-0.25, -0.2) is 0 Å².